The lowest BCUT2D eigenvalue weighted by molar-refractivity contribution is 0.672. The minimum atomic E-state index is 0.902. The number of para-hydroxylation sites is 6. The van der Waals surface area contributed by atoms with Gasteiger partial charge in [-0.1, -0.05) is 267 Å². The van der Waals surface area contributed by atoms with E-state index in [9.17, 15) is 0 Å². The van der Waals surface area contributed by atoms with Crippen LogP contribution >= 0.6 is 34.0 Å². The second-order valence-corrected chi connectivity index (χ2v) is 34.8. The van der Waals surface area contributed by atoms with Gasteiger partial charge in [-0.15, -0.1) is 34.0 Å². The predicted octanol–water partition coefficient (Wildman–Crippen LogP) is 33.7. The lowest BCUT2D eigenvalue weighted by Gasteiger charge is -2.11. The maximum Gasteiger partial charge on any atom is 0.161 e. The van der Waals surface area contributed by atoms with Crippen molar-refractivity contribution in [2.24, 2.45) is 0 Å². The van der Waals surface area contributed by atoms with Gasteiger partial charge in [0.1, 0.15) is 33.3 Å². The number of nitrogens with zero attached hydrogens (tertiary/aromatic N) is 3. The van der Waals surface area contributed by atoms with Gasteiger partial charge < -0.3 is 27.0 Å². The lowest BCUT2D eigenvalue weighted by Crippen LogP contribution is -1.93. The number of benzene rings is 18. The van der Waals surface area contributed by atoms with Gasteiger partial charge in [0, 0.05) is 93.7 Å². The monoisotopic (exact) mass is 1620 g/mol. The molecule has 123 heavy (non-hydrogen) atoms. The van der Waals surface area contributed by atoms with E-state index >= 15 is 0 Å². The fraction of sp³-hybridized carbons (Fsp3) is 0. The molecule has 576 valence electrons. The molecule has 0 radical (unpaired) electrons. The molecule has 18 aromatic carbocycles. The van der Waals surface area contributed by atoms with E-state index in [2.05, 4.69) is 432 Å². The third-order valence-corrected chi connectivity index (χ3v) is 28.0. The molecule has 9 aromatic heterocycles. The SMILES string of the molecule is c1ccc(-n2c3ccccc3c3oc4cccc(-c5cccc(-c6ccc7c(c6)sc6ccccc67)c5)c4c32)cc1.c1ccc(-n2c3ccccc3c3oc4cccc(-c5cccc(-c6ccc7sc8ccccc8c7c6)c5)c4c32)cc1.c1ccc(-n2c3ccccc3c3oc4cccc(-c5cccc(-c6cccc7sc8ccccc8c67)c5)c4c32)cc1. The highest BCUT2D eigenvalue weighted by molar-refractivity contribution is 7.26. The summed E-state index contributed by atoms with van der Waals surface area (Å²) in [6, 6.07) is 150. The van der Waals surface area contributed by atoms with Gasteiger partial charge in [-0.25, -0.2) is 0 Å². The lowest BCUT2D eigenvalue weighted by atomic mass is 9.94. The third kappa shape index (κ3) is 11.5. The predicted molar refractivity (Wildman–Crippen MR) is 523 cm³/mol. The Morgan fingerprint density at radius 1 is 0.171 bits per heavy atom. The van der Waals surface area contributed by atoms with E-state index in [1.807, 2.05) is 34.0 Å². The highest BCUT2D eigenvalue weighted by Gasteiger charge is 2.27. The van der Waals surface area contributed by atoms with Crippen LogP contribution in [0.2, 0.25) is 0 Å². The number of aromatic nitrogens is 3. The number of rotatable bonds is 9. The summed E-state index contributed by atoms with van der Waals surface area (Å²) in [4.78, 5) is 0. The molecule has 0 bridgehead atoms. The van der Waals surface area contributed by atoms with Crippen LogP contribution < -0.4 is 0 Å². The van der Waals surface area contributed by atoms with Crippen molar-refractivity contribution in [2.75, 3.05) is 0 Å². The summed E-state index contributed by atoms with van der Waals surface area (Å²) in [5.41, 5.74) is 30.1. The van der Waals surface area contributed by atoms with Gasteiger partial charge in [-0.3, -0.25) is 0 Å². The Kier molecular flexibility index (Phi) is 16.5. The van der Waals surface area contributed by atoms with Gasteiger partial charge in [0.05, 0.1) is 32.7 Å². The van der Waals surface area contributed by atoms with Crippen LogP contribution in [0, 0.1) is 0 Å². The molecule has 0 unspecified atom stereocenters. The smallest absolute Gasteiger partial charge is 0.161 e. The number of hydrogen-bond donors (Lipinski definition) is 0. The van der Waals surface area contributed by atoms with Crippen molar-refractivity contribution >= 4 is 193 Å². The zero-order valence-corrected chi connectivity index (χ0v) is 68.6. The van der Waals surface area contributed by atoms with Crippen molar-refractivity contribution in [3.8, 4) is 83.8 Å². The number of hydrogen-bond acceptors (Lipinski definition) is 6. The van der Waals surface area contributed by atoms with Crippen molar-refractivity contribution in [3.63, 3.8) is 0 Å². The minimum absolute atomic E-state index is 0.902. The molecule has 0 aliphatic rings. The van der Waals surface area contributed by atoms with Gasteiger partial charge in [0.2, 0.25) is 0 Å². The average Bonchev–Trinajstić information content (AvgIpc) is 1.56. The Bertz CT molecular complexity index is 8900. The summed E-state index contributed by atoms with van der Waals surface area (Å²) in [5.74, 6) is 0. The van der Waals surface area contributed by atoms with Crippen LogP contribution in [0.5, 0.6) is 0 Å². The van der Waals surface area contributed by atoms with Crippen molar-refractivity contribution in [1.29, 1.82) is 0 Å². The van der Waals surface area contributed by atoms with Crippen molar-refractivity contribution in [2.45, 2.75) is 0 Å². The highest BCUT2D eigenvalue weighted by atomic mass is 32.1. The molecule has 9 heterocycles. The van der Waals surface area contributed by atoms with Crippen LogP contribution in [0.4, 0.5) is 0 Å². The van der Waals surface area contributed by atoms with Gasteiger partial charge in [0.25, 0.3) is 0 Å². The molecular formula is C114H69N3O3S3. The molecule has 0 aliphatic carbocycles. The first kappa shape index (κ1) is 70.6. The fourth-order valence-electron chi connectivity index (χ4n) is 19.2. The maximum atomic E-state index is 6.62. The zero-order valence-electron chi connectivity index (χ0n) is 66.1. The standard InChI is InChI=1S/3C38H23NOS/c1-2-13-26(14-3-1)39-31-19-6-4-15-29(31)38-37(39)36-28(17-9-20-32(36)40-38)25-12-8-11-24(23-25)27-18-10-22-34-35(27)30-16-5-7-21-33(30)41-34;1-2-12-27(13-3-1)39-32-17-6-4-15-31(32)38-37(39)36-28(16-9-18-33(36)40-38)26-11-8-10-24(22-26)25-20-21-30-29-14-5-7-19-34(29)41-35(30)23-25;1-2-12-27(13-3-1)39-32-17-6-4-15-30(32)38-37(39)36-28(16-9-18-33(36)40-38)26-11-8-10-24(22-26)25-20-21-35-31(23-25)29-14-5-7-19-34(29)41-35/h3*1-23H. The van der Waals surface area contributed by atoms with E-state index in [-0.39, 0.29) is 0 Å². The normalized spacial score (nSPS) is 11.9. The first-order valence-corrected chi connectivity index (χ1v) is 44.0. The molecule has 27 rings (SSSR count). The van der Waals surface area contributed by atoms with Crippen molar-refractivity contribution in [1.82, 2.24) is 13.7 Å². The Morgan fingerprint density at radius 3 is 0.919 bits per heavy atom. The number of furan rings is 3. The van der Waals surface area contributed by atoms with E-state index in [4.69, 9.17) is 13.3 Å². The van der Waals surface area contributed by atoms with Gasteiger partial charge in [-0.05, 0) is 218 Å². The van der Waals surface area contributed by atoms with Crippen LogP contribution in [0.3, 0.4) is 0 Å². The second-order valence-electron chi connectivity index (χ2n) is 31.6. The van der Waals surface area contributed by atoms with Crippen molar-refractivity contribution in [3.05, 3.63) is 419 Å². The Morgan fingerprint density at radius 2 is 0.463 bits per heavy atom. The molecule has 0 saturated heterocycles. The van der Waals surface area contributed by atoms with Crippen LogP contribution in [0.1, 0.15) is 0 Å². The molecule has 0 amide bonds. The molecule has 0 saturated carbocycles. The van der Waals surface area contributed by atoms with Gasteiger partial charge >= 0.3 is 0 Å². The van der Waals surface area contributed by atoms with E-state index in [1.165, 1.54) is 127 Å². The summed E-state index contributed by atoms with van der Waals surface area (Å²) in [5, 5.41) is 14.7. The second kappa shape index (κ2) is 28.7. The maximum absolute atomic E-state index is 6.62. The van der Waals surface area contributed by atoms with E-state index in [0.29, 0.717) is 0 Å². The molecule has 0 atom stereocenters. The quantitative estimate of drug-likeness (QED) is 0.145. The van der Waals surface area contributed by atoms with Gasteiger partial charge in [-0.2, -0.15) is 0 Å². The summed E-state index contributed by atoms with van der Waals surface area (Å²) < 4.78 is 34.8. The van der Waals surface area contributed by atoms with E-state index < -0.39 is 0 Å². The topological polar surface area (TPSA) is 54.2 Å². The summed E-state index contributed by atoms with van der Waals surface area (Å²) in [6.07, 6.45) is 0. The Labute approximate surface area is 717 Å². The van der Waals surface area contributed by atoms with Crippen LogP contribution in [0.15, 0.2) is 432 Å². The molecule has 0 N–H and O–H groups in total. The summed E-state index contributed by atoms with van der Waals surface area (Å²) >= 11 is 5.58. The van der Waals surface area contributed by atoms with Gasteiger partial charge in [0.15, 0.2) is 16.7 Å². The zero-order chi connectivity index (χ0) is 80.7. The largest absolute Gasteiger partial charge is 0.454 e. The van der Waals surface area contributed by atoms with E-state index in [1.54, 1.807) is 0 Å². The molecule has 0 fully saturated rings. The molecule has 0 spiro atoms. The Hall–Kier alpha value is -15.4. The summed E-state index contributed by atoms with van der Waals surface area (Å²) in [7, 11) is 0. The van der Waals surface area contributed by atoms with Crippen LogP contribution in [-0.2, 0) is 0 Å². The molecule has 6 nitrogen and oxygen atoms in total. The third-order valence-electron chi connectivity index (χ3n) is 24.6. The Balaban J connectivity index is 0.000000101. The summed E-state index contributed by atoms with van der Waals surface area (Å²) in [6.45, 7) is 0. The number of thiophene rings is 3. The van der Waals surface area contributed by atoms with Crippen LogP contribution in [-0.4, -0.2) is 13.7 Å². The average molecular weight is 1630 g/mol. The van der Waals surface area contributed by atoms with E-state index in [0.717, 1.165) is 116 Å². The molecule has 9 heteroatoms. The number of fused-ring (bicyclic) bond motifs is 24. The first-order valence-electron chi connectivity index (χ1n) is 41.6. The highest BCUT2D eigenvalue weighted by Crippen LogP contribution is 2.50. The first-order chi connectivity index (χ1) is 61.0. The molecule has 27 aromatic rings. The minimum Gasteiger partial charge on any atom is -0.454 e. The van der Waals surface area contributed by atoms with Crippen molar-refractivity contribution < 1.29 is 13.3 Å². The molecular weight excluding hydrogens is 1560 g/mol. The van der Waals surface area contributed by atoms with Crippen LogP contribution in [0.25, 0.3) is 243 Å². The molecule has 0 aliphatic heterocycles. The fourth-order valence-corrected chi connectivity index (χ4v) is 22.6.